The lowest BCUT2D eigenvalue weighted by atomic mass is 10.1. The van der Waals surface area contributed by atoms with Crippen LogP contribution in [0, 0.1) is 6.92 Å². The first-order chi connectivity index (χ1) is 13.6. The predicted octanol–water partition coefficient (Wildman–Crippen LogP) is 3.03. The van der Waals surface area contributed by atoms with Gasteiger partial charge in [-0.3, -0.25) is 14.6 Å². The van der Waals surface area contributed by atoms with Crippen LogP contribution in [0.4, 0.5) is 5.69 Å². The molecular formula is C22H22N4O2. The average Bonchev–Trinajstić information content (AvgIpc) is 2.74. The molecule has 0 aliphatic rings. The Morgan fingerprint density at radius 3 is 2.36 bits per heavy atom. The summed E-state index contributed by atoms with van der Waals surface area (Å²) < 4.78 is 0. The maximum atomic E-state index is 12.4. The Labute approximate surface area is 163 Å². The van der Waals surface area contributed by atoms with Gasteiger partial charge < -0.3 is 16.4 Å². The fourth-order valence-electron chi connectivity index (χ4n) is 2.71. The molecule has 142 valence electrons. The van der Waals surface area contributed by atoms with Crippen molar-refractivity contribution in [2.24, 2.45) is 5.73 Å². The molecule has 0 aliphatic heterocycles. The van der Waals surface area contributed by atoms with Crippen LogP contribution in [-0.4, -0.2) is 16.8 Å². The average molecular weight is 374 g/mol. The van der Waals surface area contributed by atoms with Gasteiger partial charge in [-0.2, -0.15) is 0 Å². The van der Waals surface area contributed by atoms with Crippen LogP contribution in [0.5, 0.6) is 0 Å². The number of nitrogens with zero attached hydrogens (tertiary/aromatic N) is 1. The van der Waals surface area contributed by atoms with E-state index in [-0.39, 0.29) is 11.8 Å². The quantitative estimate of drug-likeness (QED) is 0.618. The van der Waals surface area contributed by atoms with Gasteiger partial charge in [0.25, 0.3) is 11.8 Å². The number of nitrogens with one attached hydrogen (secondary N) is 2. The highest BCUT2D eigenvalue weighted by Gasteiger charge is 2.11. The molecule has 4 N–H and O–H groups in total. The lowest BCUT2D eigenvalue weighted by Crippen LogP contribution is -2.23. The number of aryl methyl sites for hydroxylation is 1. The van der Waals surface area contributed by atoms with Crippen LogP contribution in [0.3, 0.4) is 0 Å². The van der Waals surface area contributed by atoms with E-state index in [0.717, 1.165) is 16.7 Å². The molecule has 3 rings (SSSR count). The van der Waals surface area contributed by atoms with Crippen molar-refractivity contribution in [3.8, 4) is 0 Å². The van der Waals surface area contributed by atoms with Gasteiger partial charge in [0.2, 0.25) is 0 Å². The predicted molar refractivity (Wildman–Crippen MR) is 109 cm³/mol. The molecule has 6 nitrogen and oxygen atoms in total. The maximum Gasteiger partial charge on any atom is 0.257 e. The lowest BCUT2D eigenvalue weighted by Gasteiger charge is -2.11. The Hall–Kier alpha value is -3.51. The normalized spacial score (nSPS) is 10.4. The number of carbonyl (C=O) groups is 2. The monoisotopic (exact) mass is 374 g/mol. The molecule has 2 amide bonds. The number of anilines is 1. The van der Waals surface area contributed by atoms with Crippen molar-refractivity contribution in [3.05, 3.63) is 94.8 Å². The van der Waals surface area contributed by atoms with E-state index in [2.05, 4.69) is 15.6 Å². The number of nitrogens with two attached hydrogens (primary N) is 1. The zero-order valence-electron chi connectivity index (χ0n) is 15.6. The minimum Gasteiger partial charge on any atom is -0.348 e. The van der Waals surface area contributed by atoms with Gasteiger partial charge in [0.15, 0.2) is 0 Å². The van der Waals surface area contributed by atoms with Crippen LogP contribution in [0.25, 0.3) is 0 Å². The van der Waals surface area contributed by atoms with Gasteiger partial charge in [0.05, 0.1) is 5.56 Å². The molecule has 0 bridgehead atoms. The SMILES string of the molecule is Cc1cc(C(=O)NCc2ccc(CN)cc2)ccc1NC(=O)c1cccnc1. The van der Waals surface area contributed by atoms with Crippen LogP contribution in [-0.2, 0) is 13.1 Å². The van der Waals surface area contributed by atoms with Crippen molar-refractivity contribution in [3.63, 3.8) is 0 Å². The second-order valence-corrected chi connectivity index (χ2v) is 6.43. The van der Waals surface area contributed by atoms with E-state index in [4.69, 9.17) is 5.73 Å². The molecule has 0 saturated heterocycles. The highest BCUT2D eigenvalue weighted by Crippen LogP contribution is 2.18. The largest absolute Gasteiger partial charge is 0.348 e. The minimum atomic E-state index is -0.241. The van der Waals surface area contributed by atoms with Crippen molar-refractivity contribution in [1.29, 1.82) is 0 Å². The smallest absolute Gasteiger partial charge is 0.257 e. The molecule has 6 heteroatoms. The van der Waals surface area contributed by atoms with Gasteiger partial charge in [0.1, 0.15) is 0 Å². The maximum absolute atomic E-state index is 12.4. The summed E-state index contributed by atoms with van der Waals surface area (Å²) in [5.41, 5.74) is 10.1. The number of carbonyl (C=O) groups excluding carboxylic acids is 2. The Morgan fingerprint density at radius 2 is 1.71 bits per heavy atom. The topological polar surface area (TPSA) is 97.1 Å². The first kappa shape index (κ1) is 19.3. The zero-order valence-corrected chi connectivity index (χ0v) is 15.6. The third-order valence-electron chi connectivity index (χ3n) is 4.37. The van der Waals surface area contributed by atoms with E-state index in [9.17, 15) is 9.59 Å². The summed E-state index contributed by atoms with van der Waals surface area (Å²) in [6.45, 7) is 2.78. The second kappa shape index (κ2) is 8.92. The van der Waals surface area contributed by atoms with E-state index in [1.807, 2.05) is 31.2 Å². The number of amides is 2. The van der Waals surface area contributed by atoms with Gasteiger partial charge in [0, 0.05) is 36.7 Å². The third kappa shape index (κ3) is 4.81. The van der Waals surface area contributed by atoms with Crippen LogP contribution < -0.4 is 16.4 Å². The molecule has 0 spiro atoms. The summed E-state index contributed by atoms with van der Waals surface area (Å²) in [6.07, 6.45) is 3.12. The lowest BCUT2D eigenvalue weighted by molar-refractivity contribution is 0.0950. The van der Waals surface area contributed by atoms with Crippen molar-refractivity contribution in [1.82, 2.24) is 10.3 Å². The first-order valence-electron chi connectivity index (χ1n) is 8.95. The van der Waals surface area contributed by atoms with E-state index >= 15 is 0 Å². The first-order valence-corrected chi connectivity index (χ1v) is 8.95. The van der Waals surface area contributed by atoms with Crippen molar-refractivity contribution < 1.29 is 9.59 Å². The zero-order chi connectivity index (χ0) is 19.9. The summed E-state index contributed by atoms with van der Waals surface area (Å²) >= 11 is 0. The van der Waals surface area contributed by atoms with Gasteiger partial charge in [-0.25, -0.2) is 0 Å². The molecule has 1 aromatic heterocycles. The molecule has 2 aromatic carbocycles. The van der Waals surface area contributed by atoms with Gasteiger partial charge in [-0.15, -0.1) is 0 Å². The van der Waals surface area contributed by atoms with E-state index in [1.165, 1.54) is 6.20 Å². The number of pyridine rings is 1. The summed E-state index contributed by atoms with van der Waals surface area (Å²) in [6, 6.07) is 16.4. The Balaban J connectivity index is 1.62. The summed E-state index contributed by atoms with van der Waals surface area (Å²) in [4.78, 5) is 28.6. The van der Waals surface area contributed by atoms with Crippen LogP contribution in [0.15, 0.2) is 67.0 Å². The van der Waals surface area contributed by atoms with Crippen LogP contribution in [0.1, 0.15) is 37.4 Å². The van der Waals surface area contributed by atoms with E-state index < -0.39 is 0 Å². The van der Waals surface area contributed by atoms with Crippen molar-refractivity contribution >= 4 is 17.5 Å². The molecule has 28 heavy (non-hydrogen) atoms. The molecule has 0 unspecified atom stereocenters. The number of hydrogen-bond acceptors (Lipinski definition) is 4. The summed E-state index contributed by atoms with van der Waals surface area (Å²) in [5.74, 6) is -0.412. The number of rotatable bonds is 6. The van der Waals surface area contributed by atoms with Crippen LogP contribution in [0.2, 0.25) is 0 Å². The standard InChI is InChI=1S/C22H22N4O2/c1-15-11-18(21(27)25-13-17-6-4-16(12-23)5-7-17)8-9-20(15)26-22(28)19-3-2-10-24-14-19/h2-11,14H,12-13,23H2,1H3,(H,25,27)(H,26,28). The summed E-state index contributed by atoms with van der Waals surface area (Å²) in [5, 5.41) is 5.74. The van der Waals surface area contributed by atoms with E-state index in [0.29, 0.717) is 29.9 Å². The van der Waals surface area contributed by atoms with Crippen molar-refractivity contribution in [2.45, 2.75) is 20.0 Å². The number of aromatic nitrogens is 1. The fourth-order valence-corrected chi connectivity index (χ4v) is 2.71. The molecule has 3 aromatic rings. The third-order valence-corrected chi connectivity index (χ3v) is 4.37. The van der Waals surface area contributed by atoms with Crippen LogP contribution >= 0.6 is 0 Å². The fraction of sp³-hybridized carbons (Fsp3) is 0.136. The molecule has 0 saturated carbocycles. The molecule has 0 fully saturated rings. The van der Waals surface area contributed by atoms with Gasteiger partial charge in [-0.1, -0.05) is 24.3 Å². The molecule has 0 radical (unpaired) electrons. The number of benzene rings is 2. The highest BCUT2D eigenvalue weighted by atomic mass is 16.2. The Bertz CT molecular complexity index is 970. The van der Waals surface area contributed by atoms with Crippen molar-refractivity contribution in [2.75, 3.05) is 5.32 Å². The molecule has 0 aliphatic carbocycles. The minimum absolute atomic E-state index is 0.170. The second-order valence-electron chi connectivity index (χ2n) is 6.43. The summed E-state index contributed by atoms with van der Waals surface area (Å²) in [7, 11) is 0. The Kier molecular flexibility index (Phi) is 6.14. The molecule has 0 atom stereocenters. The molecule has 1 heterocycles. The van der Waals surface area contributed by atoms with Gasteiger partial charge >= 0.3 is 0 Å². The van der Waals surface area contributed by atoms with E-state index in [1.54, 1.807) is 36.5 Å². The van der Waals surface area contributed by atoms with Gasteiger partial charge in [-0.05, 0) is 53.9 Å². The highest BCUT2D eigenvalue weighted by molar-refractivity contribution is 6.04. The number of hydrogen-bond donors (Lipinski definition) is 3. The molecular weight excluding hydrogens is 352 g/mol. The Morgan fingerprint density at radius 1 is 0.964 bits per heavy atom.